The second-order valence-corrected chi connectivity index (χ2v) is 3.77. The zero-order chi connectivity index (χ0) is 11.8. The molecule has 16 heavy (non-hydrogen) atoms. The average Bonchev–Trinajstić information content (AvgIpc) is 2.31. The summed E-state index contributed by atoms with van der Waals surface area (Å²) >= 11 is 4.94. The van der Waals surface area contributed by atoms with Gasteiger partial charge in [0.1, 0.15) is 5.82 Å². The molecule has 88 valence electrons. The van der Waals surface area contributed by atoms with Gasteiger partial charge in [0.15, 0.2) is 5.11 Å². The molecule has 3 N–H and O–H groups in total. The van der Waals surface area contributed by atoms with E-state index >= 15 is 0 Å². The summed E-state index contributed by atoms with van der Waals surface area (Å²) in [5.74, 6) is 0.807. The summed E-state index contributed by atoms with van der Waals surface area (Å²) in [7, 11) is 1.79. The maximum atomic E-state index is 4.94. The van der Waals surface area contributed by atoms with Gasteiger partial charge in [0.05, 0.1) is 6.54 Å². The van der Waals surface area contributed by atoms with Crippen LogP contribution in [0.5, 0.6) is 0 Å². The Bertz CT molecular complexity index is 324. The Morgan fingerprint density at radius 2 is 2.00 bits per heavy atom. The van der Waals surface area contributed by atoms with Gasteiger partial charge in [-0.2, -0.15) is 0 Å². The molecular weight excluding hydrogens is 222 g/mol. The van der Waals surface area contributed by atoms with Crippen LogP contribution >= 0.6 is 12.2 Å². The van der Waals surface area contributed by atoms with Crippen molar-refractivity contribution in [3.63, 3.8) is 0 Å². The fraction of sp³-hybridized carbons (Fsp3) is 0.500. The van der Waals surface area contributed by atoms with Crippen molar-refractivity contribution in [2.45, 2.75) is 13.5 Å². The van der Waals surface area contributed by atoms with E-state index in [-0.39, 0.29) is 0 Å². The van der Waals surface area contributed by atoms with Gasteiger partial charge in [-0.1, -0.05) is 0 Å². The van der Waals surface area contributed by atoms with Gasteiger partial charge < -0.3 is 16.0 Å². The minimum absolute atomic E-state index is 0.661. The van der Waals surface area contributed by atoms with Crippen LogP contribution in [0.1, 0.15) is 11.4 Å². The zero-order valence-corrected chi connectivity index (χ0v) is 10.4. The van der Waals surface area contributed by atoms with Crippen LogP contribution in [0.15, 0.2) is 12.4 Å². The monoisotopic (exact) mass is 239 g/mol. The van der Waals surface area contributed by atoms with Gasteiger partial charge in [-0.05, 0) is 24.7 Å². The number of nitrogens with one attached hydrogen (secondary N) is 3. The molecule has 1 heterocycles. The minimum Gasteiger partial charge on any atom is -0.366 e. The smallest absolute Gasteiger partial charge is 0.166 e. The molecule has 0 saturated heterocycles. The molecule has 1 aromatic heterocycles. The lowest BCUT2D eigenvalue weighted by Gasteiger charge is -2.07. The Kier molecular flexibility index (Phi) is 5.66. The van der Waals surface area contributed by atoms with Crippen LogP contribution in [-0.2, 0) is 6.54 Å². The minimum atomic E-state index is 0.661. The third-order valence-corrected chi connectivity index (χ3v) is 2.28. The predicted molar refractivity (Wildman–Crippen MR) is 68.1 cm³/mol. The Morgan fingerprint density at radius 3 is 2.62 bits per heavy atom. The zero-order valence-electron chi connectivity index (χ0n) is 9.58. The molecule has 6 heteroatoms. The molecule has 0 saturated carbocycles. The molecule has 0 aliphatic carbocycles. The van der Waals surface area contributed by atoms with Crippen molar-refractivity contribution in [1.29, 1.82) is 0 Å². The van der Waals surface area contributed by atoms with Gasteiger partial charge in [-0.25, -0.2) is 9.97 Å². The van der Waals surface area contributed by atoms with Crippen LogP contribution in [0.2, 0.25) is 0 Å². The molecule has 0 amide bonds. The lowest BCUT2D eigenvalue weighted by atomic mass is 10.4. The van der Waals surface area contributed by atoms with Crippen LogP contribution in [0.4, 0.5) is 0 Å². The van der Waals surface area contributed by atoms with E-state index in [1.807, 2.05) is 19.3 Å². The van der Waals surface area contributed by atoms with Gasteiger partial charge >= 0.3 is 0 Å². The molecule has 0 radical (unpaired) electrons. The third-order valence-electron chi connectivity index (χ3n) is 1.93. The van der Waals surface area contributed by atoms with Crippen molar-refractivity contribution in [2.75, 3.05) is 20.1 Å². The van der Waals surface area contributed by atoms with Gasteiger partial charge in [0.25, 0.3) is 0 Å². The normalized spacial score (nSPS) is 9.88. The van der Waals surface area contributed by atoms with E-state index in [1.165, 1.54) is 0 Å². The highest BCUT2D eigenvalue weighted by atomic mass is 32.1. The van der Waals surface area contributed by atoms with E-state index in [0.29, 0.717) is 11.7 Å². The molecule has 0 spiro atoms. The molecule has 1 rings (SSSR count). The van der Waals surface area contributed by atoms with E-state index in [1.54, 1.807) is 7.05 Å². The standard InChI is InChI=1S/C10H17N5S/c1-8-5-14-9(15-6-8)7-12-3-4-13-10(16)11-2/h5-6,12H,3-4,7H2,1-2H3,(H2,11,13,16). The molecule has 0 aliphatic heterocycles. The van der Waals surface area contributed by atoms with Crippen LogP contribution in [0, 0.1) is 6.92 Å². The first-order valence-electron chi connectivity index (χ1n) is 5.16. The van der Waals surface area contributed by atoms with Gasteiger partial charge in [0, 0.05) is 32.5 Å². The summed E-state index contributed by atoms with van der Waals surface area (Å²) in [5.41, 5.74) is 1.07. The highest BCUT2D eigenvalue weighted by Gasteiger charge is 1.95. The van der Waals surface area contributed by atoms with Gasteiger partial charge in [-0.15, -0.1) is 0 Å². The van der Waals surface area contributed by atoms with Crippen molar-refractivity contribution in [2.24, 2.45) is 0 Å². The van der Waals surface area contributed by atoms with Crippen molar-refractivity contribution in [1.82, 2.24) is 25.9 Å². The first-order chi connectivity index (χ1) is 7.72. The number of nitrogens with zero attached hydrogens (tertiary/aromatic N) is 2. The molecule has 0 fully saturated rings. The van der Waals surface area contributed by atoms with E-state index in [4.69, 9.17) is 12.2 Å². The summed E-state index contributed by atoms with van der Waals surface area (Å²) < 4.78 is 0. The lowest BCUT2D eigenvalue weighted by Crippen LogP contribution is -2.37. The highest BCUT2D eigenvalue weighted by Crippen LogP contribution is 1.92. The van der Waals surface area contributed by atoms with Crippen molar-refractivity contribution in [3.05, 3.63) is 23.8 Å². The molecule has 0 unspecified atom stereocenters. The van der Waals surface area contributed by atoms with Crippen molar-refractivity contribution in [3.8, 4) is 0 Å². The van der Waals surface area contributed by atoms with Crippen LogP contribution in [-0.4, -0.2) is 35.2 Å². The Labute approximate surface area is 101 Å². The van der Waals surface area contributed by atoms with Gasteiger partial charge in [-0.3, -0.25) is 0 Å². The number of aromatic nitrogens is 2. The first kappa shape index (κ1) is 12.8. The lowest BCUT2D eigenvalue weighted by molar-refractivity contribution is 0.646. The third kappa shape index (κ3) is 4.99. The summed E-state index contributed by atoms with van der Waals surface area (Å²) in [4.78, 5) is 8.39. The van der Waals surface area contributed by atoms with Crippen LogP contribution < -0.4 is 16.0 Å². The highest BCUT2D eigenvalue weighted by molar-refractivity contribution is 7.80. The average molecular weight is 239 g/mol. The second kappa shape index (κ2) is 7.08. The van der Waals surface area contributed by atoms with Gasteiger partial charge in [0.2, 0.25) is 0 Å². The maximum Gasteiger partial charge on any atom is 0.166 e. The number of hydrogen-bond acceptors (Lipinski definition) is 4. The van der Waals surface area contributed by atoms with Crippen LogP contribution in [0.25, 0.3) is 0 Å². The fourth-order valence-corrected chi connectivity index (χ4v) is 1.17. The quantitative estimate of drug-likeness (QED) is 0.495. The van der Waals surface area contributed by atoms with E-state index in [9.17, 15) is 0 Å². The van der Waals surface area contributed by atoms with E-state index in [0.717, 1.165) is 24.5 Å². The first-order valence-corrected chi connectivity index (χ1v) is 5.57. The maximum absolute atomic E-state index is 4.94. The molecule has 0 atom stereocenters. The largest absolute Gasteiger partial charge is 0.366 e. The fourth-order valence-electron chi connectivity index (χ4n) is 1.06. The van der Waals surface area contributed by atoms with E-state index < -0.39 is 0 Å². The molecule has 0 aliphatic rings. The molecular formula is C10H17N5S. The molecule has 0 bridgehead atoms. The number of hydrogen-bond donors (Lipinski definition) is 3. The Morgan fingerprint density at radius 1 is 1.31 bits per heavy atom. The summed E-state index contributed by atoms with van der Waals surface area (Å²) in [6.45, 7) is 4.25. The number of rotatable bonds is 5. The van der Waals surface area contributed by atoms with Crippen molar-refractivity contribution < 1.29 is 0 Å². The topological polar surface area (TPSA) is 61.9 Å². The Hall–Kier alpha value is -1.27. The Balaban J connectivity index is 2.11. The second-order valence-electron chi connectivity index (χ2n) is 3.36. The molecule has 5 nitrogen and oxygen atoms in total. The summed E-state index contributed by atoms with van der Waals surface area (Å²) in [6.07, 6.45) is 3.64. The van der Waals surface area contributed by atoms with E-state index in [2.05, 4.69) is 25.9 Å². The summed E-state index contributed by atoms with van der Waals surface area (Å²) in [6, 6.07) is 0. The number of thiocarbonyl (C=S) groups is 1. The summed E-state index contributed by atoms with van der Waals surface area (Å²) in [5, 5.41) is 9.78. The molecule has 0 aromatic carbocycles. The SMILES string of the molecule is CNC(=S)NCCNCc1ncc(C)cn1. The van der Waals surface area contributed by atoms with Crippen LogP contribution in [0.3, 0.4) is 0 Å². The van der Waals surface area contributed by atoms with Crippen molar-refractivity contribution >= 4 is 17.3 Å². The molecule has 1 aromatic rings. The predicted octanol–water partition coefficient (Wildman–Crippen LogP) is -0.0315. The number of aryl methyl sites for hydroxylation is 1.